The Morgan fingerprint density at radius 1 is 1.37 bits per heavy atom. The van der Waals surface area contributed by atoms with Crippen LogP contribution in [0.25, 0.3) is 0 Å². The second-order valence-electron chi connectivity index (χ2n) is 5.82. The first-order chi connectivity index (χ1) is 12.7. The number of nitrogens with one attached hydrogen (secondary N) is 1. The molecule has 8 heteroatoms. The summed E-state index contributed by atoms with van der Waals surface area (Å²) in [4.78, 5) is 11.7. The quantitative estimate of drug-likeness (QED) is 0.543. The van der Waals surface area contributed by atoms with E-state index < -0.39 is 24.4 Å². The van der Waals surface area contributed by atoms with E-state index in [1.165, 1.54) is 12.1 Å². The number of amides is 1. The van der Waals surface area contributed by atoms with Gasteiger partial charge in [-0.2, -0.15) is 8.78 Å². The second kappa shape index (κ2) is 8.94. The molecule has 0 spiro atoms. The fourth-order valence-electron chi connectivity index (χ4n) is 2.62. The Morgan fingerprint density at radius 3 is 2.67 bits per heavy atom. The fraction of sp³-hybridized carbons (Fsp3) is 0.211. The van der Waals surface area contributed by atoms with Crippen molar-refractivity contribution in [3.63, 3.8) is 0 Å². The summed E-state index contributed by atoms with van der Waals surface area (Å²) in [5, 5.41) is 3.05. The van der Waals surface area contributed by atoms with E-state index in [9.17, 15) is 18.0 Å². The van der Waals surface area contributed by atoms with Crippen molar-refractivity contribution in [3.8, 4) is 5.75 Å². The van der Waals surface area contributed by atoms with Crippen LogP contribution in [0.15, 0.2) is 47.5 Å². The summed E-state index contributed by atoms with van der Waals surface area (Å²) in [6.45, 7) is 2.44. The van der Waals surface area contributed by atoms with Crippen molar-refractivity contribution < 1.29 is 22.7 Å². The lowest BCUT2D eigenvalue weighted by Gasteiger charge is -2.23. The zero-order chi connectivity index (χ0) is 20.1. The van der Waals surface area contributed by atoms with Gasteiger partial charge in [0, 0.05) is 11.3 Å². The highest BCUT2D eigenvalue weighted by Crippen LogP contribution is 2.34. The zero-order valence-corrected chi connectivity index (χ0v) is 16.0. The highest BCUT2D eigenvalue weighted by molar-refractivity contribution is 9.10. The number of ether oxygens (including phenoxy) is 1. The first-order valence-electron chi connectivity index (χ1n) is 7.94. The van der Waals surface area contributed by atoms with E-state index in [0.717, 1.165) is 11.6 Å². The van der Waals surface area contributed by atoms with Crippen LogP contribution in [-0.4, -0.2) is 12.5 Å². The minimum atomic E-state index is -2.99. The van der Waals surface area contributed by atoms with Crippen LogP contribution in [0, 0.1) is 12.7 Å². The molecule has 0 aromatic heterocycles. The summed E-state index contributed by atoms with van der Waals surface area (Å²) in [6, 6.07) is 6.71. The van der Waals surface area contributed by atoms with Crippen molar-refractivity contribution in [2.45, 2.75) is 26.0 Å². The number of carbonyl (C=O) groups excluding carboxylic acids is 1. The molecule has 27 heavy (non-hydrogen) atoms. The minimum Gasteiger partial charge on any atom is -0.434 e. The fourth-order valence-corrected chi connectivity index (χ4v) is 2.96. The summed E-state index contributed by atoms with van der Waals surface area (Å²) in [5.41, 5.74) is 6.71. The lowest BCUT2D eigenvalue weighted by Crippen LogP contribution is -2.18. The number of aryl methyl sites for hydroxylation is 1. The number of carbonyl (C=O) groups is 1. The highest BCUT2D eigenvalue weighted by atomic mass is 79.9. The van der Waals surface area contributed by atoms with Gasteiger partial charge >= 0.3 is 6.61 Å². The maximum atomic E-state index is 13.8. The molecular weight excluding hydrogens is 425 g/mol. The molecule has 0 radical (unpaired) electrons. The van der Waals surface area contributed by atoms with Crippen LogP contribution < -0.4 is 15.8 Å². The van der Waals surface area contributed by atoms with Crippen molar-refractivity contribution >= 4 is 27.5 Å². The maximum Gasteiger partial charge on any atom is 0.387 e. The standard InChI is InChI=1S/C19H18BrF3N2O2/c1-3-4-15(11-6-5-10(2)7-17(11)27-19(22)23)25-16-9-13(20)14(21)8-12(16)18(24)26/h3,5-9,15,19,25H,1,4H2,2H3,(H2,24,26). The van der Waals surface area contributed by atoms with Crippen LogP contribution in [-0.2, 0) is 0 Å². The van der Waals surface area contributed by atoms with Crippen LogP contribution in [0.3, 0.4) is 0 Å². The number of hydrogen-bond donors (Lipinski definition) is 2. The molecular formula is C19H18BrF3N2O2. The molecule has 0 aliphatic carbocycles. The summed E-state index contributed by atoms with van der Waals surface area (Å²) in [7, 11) is 0. The van der Waals surface area contributed by atoms with E-state index in [1.54, 1.807) is 25.1 Å². The van der Waals surface area contributed by atoms with Gasteiger partial charge in [0.2, 0.25) is 0 Å². The Balaban J connectivity index is 2.50. The predicted molar refractivity (Wildman–Crippen MR) is 102 cm³/mol. The summed E-state index contributed by atoms with van der Waals surface area (Å²) < 4.78 is 44.2. The average molecular weight is 443 g/mol. The van der Waals surface area contributed by atoms with Gasteiger partial charge in [-0.15, -0.1) is 6.58 Å². The molecule has 1 atom stereocenters. The molecule has 2 aromatic rings. The largest absolute Gasteiger partial charge is 0.434 e. The molecule has 0 aliphatic heterocycles. The van der Waals surface area contributed by atoms with E-state index in [0.29, 0.717) is 12.0 Å². The monoisotopic (exact) mass is 442 g/mol. The van der Waals surface area contributed by atoms with Gasteiger partial charge in [0.25, 0.3) is 5.91 Å². The Morgan fingerprint density at radius 2 is 2.07 bits per heavy atom. The van der Waals surface area contributed by atoms with Crippen LogP contribution in [0.4, 0.5) is 18.9 Å². The number of primary amides is 1. The zero-order valence-electron chi connectivity index (χ0n) is 14.4. The average Bonchev–Trinajstić information content (AvgIpc) is 2.57. The molecule has 3 N–H and O–H groups in total. The predicted octanol–water partition coefficient (Wildman–Crippen LogP) is 5.33. The van der Waals surface area contributed by atoms with E-state index in [2.05, 4.69) is 32.6 Å². The number of nitrogens with two attached hydrogens (primary N) is 1. The molecule has 2 rings (SSSR count). The lowest BCUT2D eigenvalue weighted by molar-refractivity contribution is -0.0506. The molecule has 2 aromatic carbocycles. The van der Waals surface area contributed by atoms with E-state index in [1.807, 2.05) is 0 Å². The number of alkyl halides is 2. The first-order valence-corrected chi connectivity index (χ1v) is 8.73. The Labute approximate surface area is 163 Å². The number of benzene rings is 2. The number of halogens is 4. The van der Waals surface area contributed by atoms with Crippen molar-refractivity contribution in [2.24, 2.45) is 5.73 Å². The molecule has 4 nitrogen and oxygen atoms in total. The van der Waals surface area contributed by atoms with Gasteiger partial charge in [0.15, 0.2) is 0 Å². The molecule has 0 bridgehead atoms. The van der Waals surface area contributed by atoms with Gasteiger partial charge in [-0.3, -0.25) is 4.79 Å². The van der Waals surface area contributed by atoms with Crippen LogP contribution in [0.1, 0.15) is 33.9 Å². The van der Waals surface area contributed by atoms with Crippen molar-refractivity contribution in [2.75, 3.05) is 5.32 Å². The molecule has 0 saturated carbocycles. The third kappa shape index (κ3) is 5.26. The van der Waals surface area contributed by atoms with Gasteiger partial charge < -0.3 is 15.8 Å². The Bertz CT molecular complexity index is 859. The van der Waals surface area contributed by atoms with Gasteiger partial charge in [0.1, 0.15) is 11.6 Å². The van der Waals surface area contributed by atoms with Crippen LogP contribution in [0.5, 0.6) is 5.75 Å². The molecule has 1 amide bonds. The van der Waals surface area contributed by atoms with E-state index >= 15 is 0 Å². The minimum absolute atomic E-state index is 0.00570. The van der Waals surface area contributed by atoms with Gasteiger partial charge in [-0.05, 0) is 53.0 Å². The normalized spacial score (nSPS) is 11.9. The Kier molecular flexibility index (Phi) is 6.90. The third-order valence-corrected chi connectivity index (χ3v) is 4.43. The van der Waals surface area contributed by atoms with E-state index in [-0.39, 0.29) is 21.5 Å². The van der Waals surface area contributed by atoms with Gasteiger partial charge in [-0.1, -0.05) is 18.2 Å². The molecule has 0 fully saturated rings. The summed E-state index contributed by atoms with van der Waals surface area (Å²) in [5.74, 6) is -1.47. The molecule has 0 heterocycles. The van der Waals surface area contributed by atoms with Crippen molar-refractivity contribution in [1.29, 1.82) is 0 Å². The van der Waals surface area contributed by atoms with Crippen molar-refractivity contribution in [1.82, 2.24) is 0 Å². The second-order valence-corrected chi connectivity index (χ2v) is 6.67. The van der Waals surface area contributed by atoms with Crippen LogP contribution >= 0.6 is 15.9 Å². The highest BCUT2D eigenvalue weighted by Gasteiger charge is 2.21. The molecule has 144 valence electrons. The lowest BCUT2D eigenvalue weighted by atomic mass is 9.99. The number of hydrogen-bond acceptors (Lipinski definition) is 3. The molecule has 1 unspecified atom stereocenters. The summed E-state index contributed by atoms with van der Waals surface area (Å²) in [6.07, 6.45) is 1.92. The molecule has 0 aliphatic rings. The van der Waals surface area contributed by atoms with Crippen molar-refractivity contribution in [3.05, 3.63) is 70.0 Å². The number of anilines is 1. The maximum absolute atomic E-state index is 13.8. The van der Waals surface area contributed by atoms with E-state index in [4.69, 9.17) is 5.73 Å². The van der Waals surface area contributed by atoms with Gasteiger partial charge in [0.05, 0.1) is 16.1 Å². The summed E-state index contributed by atoms with van der Waals surface area (Å²) >= 11 is 3.06. The number of rotatable bonds is 8. The first kappa shape index (κ1) is 20.8. The van der Waals surface area contributed by atoms with Crippen LogP contribution in [0.2, 0.25) is 0 Å². The SMILES string of the molecule is C=CCC(Nc1cc(Br)c(F)cc1C(N)=O)c1ccc(C)cc1OC(F)F. The Hall–Kier alpha value is -2.48. The third-order valence-electron chi connectivity index (χ3n) is 3.82. The smallest absolute Gasteiger partial charge is 0.387 e. The van der Waals surface area contributed by atoms with Gasteiger partial charge in [-0.25, -0.2) is 4.39 Å². The molecule has 0 saturated heterocycles. The topological polar surface area (TPSA) is 64.3 Å².